The van der Waals surface area contributed by atoms with Gasteiger partial charge in [-0.15, -0.1) is 0 Å². The summed E-state index contributed by atoms with van der Waals surface area (Å²) in [6.07, 6.45) is -11.4. The van der Waals surface area contributed by atoms with Crippen molar-refractivity contribution in [1.29, 1.82) is 0 Å². The van der Waals surface area contributed by atoms with Gasteiger partial charge in [0.1, 0.15) is 23.9 Å². The maximum absolute atomic E-state index is 15.6. The van der Waals surface area contributed by atoms with Gasteiger partial charge in [-0.1, -0.05) is 115 Å². The van der Waals surface area contributed by atoms with Gasteiger partial charge < -0.3 is 44.3 Å². The van der Waals surface area contributed by atoms with Crippen molar-refractivity contribution in [3.8, 4) is 0 Å². The minimum Gasteiger partial charge on any atom is -0.456 e. The lowest BCUT2D eigenvalue weighted by Gasteiger charge is -2.67. The number of halogens is 3. The zero-order valence-corrected chi connectivity index (χ0v) is 38.1. The molecule has 2 saturated carbocycles. The van der Waals surface area contributed by atoms with Gasteiger partial charge in [-0.05, 0) is 54.8 Å². The fraction of sp³-hybridized carbons (Fsp3) is 0.447. The van der Waals surface area contributed by atoms with Gasteiger partial charge in [0.25, 0.3) is 9.70 Å². The van der Waals surface area contributed by atoms with Gasteiger partial charge in [0.2, 0.25) is 0 Å². The fourth-order valence-corrected chi connectivity index (χ4v) is 10.3. The summed E-state index contributed by atoms with van der Waals surface area (Å²) in [4.78, 5) is 84.4. The zero-order valence-electron chi connectivity index (χ0n) is 35.9. The molecule has 2 bridgehead atoms. The Morgan fingerprint density at radius 3 is 1.97 bits per heavy atom. The van der Waals surface area contributed by atoms with E-state index >= 15 is 4.79 Å². The van der Waals surface area contributed by atoms with Crippen molar-refractivity contribution in [3.05, 3.63) is 119 Å². The Hall–Kier alpha value is -4.87. The number of hydrogen-bond donors (Lipinski definition) is 4. The van der Waals surface area contributed by atoms with E-state index in [1.807, 2.05) is 0 Å². The van der Waals surface area contributed by atoms with Crippen LogP contribution in [-0.4, -0.2) is 109 Å². The Morgan fingerprint density at radius 2 is 1.43 bits per heavy atom. The lowest BCUT2D eigenvalue weighted by molar-refractivity contribution is -0.346. The molecule has 3 fully saturated rings. The number of ether oxygens (including phenoxy) is 5. The molecule has 346 valence electrons. The number of carbonyl (C=O) groups excluding carboxylic acids is 6. The van der Waals surface area contributed by atoms with Crippen LogP contribution in [0.25, 0.3) is 0 Å². The molecule has 7 rings (SSSR count). The number of fused-ring (bicyclic) bond motifs is 5. The van der Waals surface area contributed by atoms with Crippen LogP contribution in [0.15, 0.2) is 102 Å². The van der Waals surface area contributed by atoms with Crippen molar-refractivity contribution >= 4 is 70.4 Å². The summed E-state index contributed by atoms with van der Waals surface area (Å²) in [6.45, 7) is 6.37. The van der Waals surface area contributed by atoms with E-state index in [9.17, 15) is 39.3 Å². The van der Waals surface area contributed by atoms with Gasteiger partial charge in [0.05, 0.1) is 35.6 Å². The second kappa shape index (κ2) is 17.7. The molecule has 4 aliphatic rings. The zero-order chi connectivity index (χ0) is 47.4. The van der Waals surface area contributed by atoms with Crippen molar-refractivity contribution in [1.82, 2.24) is 5.32 Å². The summed E-state index contributed by atoms with van der Waals surface area (Å²) in [5.41, 5.74) is -7.92. The number of carbonyl (C=O) groups is 6. The first-order valence-corrected chi connectivity index (χ1v) is 21.9. The van der Waals surface area contributed by atoms with Crippen LogP contribution in [0, 0.1) is 16.7 Å². The van der Waals surface area contributed by atoms with Gasteiger partial charge in [0, 0.05) is 30.7 Å². The Labute approximate surface area is 389 Å². The van der Waals surface area contributed by atoms with Gasteiger partial charge >= 0.3 is 23.9 Å². The van der Waals surface area contributed by atoms with Crippen LogP contribution in [0.5, 0.6) is 0 Å². The molecule has 0 spiro atoms. The predicted molar refractivity (Wildman–Crippen MR) is 232 cm³/mol. The van der Waals surface area contributed by atoms with Gasteiger partial charge in [-0.25, -0.2) is 14.4 Å². The number of Topliss-reactive ketones (excluding diaryl/α,β-unsaturated/α-hetero) is 1. The van der Waals surface area contributed by atoms with E-state index in [2.05, 4.69) is 5.32 Å². The molecule has 15 nitrogen and oxygen atoms in total. The lowest BCUT2D eigenvalue weighted by atomic mass is 9.44. The van der Waals surface area contributed by atoms with Crippen LogP contribution < -0.4 is 5.32 Å². The number of rotatable bonds is 10. The molecule has 65 heavy (non-hydrogen) atoms. The van der Waals surface area contributed by atoms with Crippen LogP contribution in [0.2, 0.25) is 0 Å². The molecule has 4 N–H and O–H groups in total. The van der Waals surface area contributed by atoms with Crippen LogP contribution in [0.4, 0.5) is 0 Å². The average molecular weight is 957 g/mol. The first-order chi connectivity index (χ1) is 30.5. The smallest absolute Gasteiger partial charge is 0.359 e. The third-order valence-electron chi connectivity index (χ3n) is 13.7. The largest absolute Gasteiger partial charge is 0.456 e. The fourth-order valence-electron chi connectivity index (χ4n) is 10.1. The molecule has 2 unspecified atom stereocenters. The van der Waals surface area contributed by atoms with Gasteiger partial charge in [0.15, 0.2) is 23.6 Å². The second-order valence-corrected chi connectivity index (χ2v) is 19.9. The highest BCUT2D eigenvalue weighted by Gasteiger charge is 2.78. The monoisotopic (exact) mass is 955 g/mol. The van der Waals surface area contributed by atoms with Crippen LogP contribution in [0.1, 0.15) is 79.8 Å². The van der Waals surface area contributed by atoms with Crippen molar-refractivity contribution in [2.24, 2.45) is 16.7 Å². The highest BCUT2D eigenvalue weighted by molar-refractivity contribution is 6.75. The van der Waals surface area contributed by atoms with Crippen molar-refractivity contribution < 1.29 is 67.8 Å². The quantitative estimate of drug-likeness (QED) is 0.0901. The Kier molecular flexibility index (Phi) is 13.1. The number of benzene rings is 3. The van der Waals surface area contributed by atoms with Crippen LogP contribution in [-0.2, 0) is 42.9 Å². The molecule has 3 aromatic carbocycles. The van der Waals surface area contributed by atoms with Crippen LogP contribution >= 0.6 is 34.8 Å². The highest BCUT2D eigenvalue weighted by Crippen LogP contribution is 2.64. The molecular formula is C47H48Cl3NO14. The maximum Gasteiger partial charge on any atom is 0.359 e. The van der Waals surface area contributed by atoms with E-state index in [1.54, 1.807) is 78.9 Å². The standard InChI is InChI=1S/C47H48Cl3NO14/c1-24-29(63-41(58)34(54)33(26-15-9-6-10-16-26)51-39(56)27-17-11-7-12-18-27)22-46(60)38(64-40(57)28-19-13-8-14-20-28)36-44(5,37(55)35(62-25(2)52)32(24)43(46,3)4)30(53)21-31-45(36,23-61-31)65-42(59)47(48,49)50/h6-20,29-31,33-36,38,53-54,60H,21-23H2,1-5H3,(H,51,56)/t29-,30-,31+,33?,34+,35+,36?,38-,44+,45-,46+/m0/s1. The lowest BCUT2D eigenvalue weighted by Crippen LogP contribution is -2.82. The predicted octanol–water partition coefficient (Wildman–Crippen LogP) is 5.09. The molecular weight excluding hydrogens is 909 g/mol. The Bertz CT molecular complexity index is 2390. The summed E-state index contributed by atoms with van der Waals surface area (Å²) in [7, 11) is 0. The number of ketones is 1. The Morgan fingerprint density at radius 1 is 0.862 bits per heavy atom. The number of esters is 4. The number of hydrogen-bond acceptors (Lipinski definition) is 14. The SMILES string of the molecule is CC(=O)O[C@H]1C(=O)[C@@]2(C)C([C@H](OC(=O)c3ccccc3)[C@]3(O)C[C@H](OC(=O)[C@H](O)C(NC(=O)c4ccccc4)c4ccccc4)C(C)=C1C3(C)C)[C@]1(OC(=O)C(Cl)(Cl)Cl)CO[C@@H]1C[C@@H]2O. The average Bonchev–Trinajstić information content (AvgIpc) is 3.26. The minimum atomic E-state index is -2.68. The molecule has 18 heteroatoms. The normalized spacial score (nSPS) is 31.2. The number of nitrogens with one attached hydrogen (secondary N) is 1. The molecule has 1 aliphatic heterocycles. The molecule has 1 amide bonds. The summed E-state index contributed by atoms with van der Waals surface area (Å²) >= 11 is 18.1. The number of amides is 1. The molecule has 3 aliphatic carbocycles. The topological polar surface area (TPSA) is 221 Å². The van der Waals surface area contributed by atoms with E-state index in [0.717, 1.165) is 6.92 Å². The Balaban J connectivity index is 1.40. The highest BCUT2D eigenvalue weighted by atomic mass is 35.6. The molecule has 3 aromatic rings. The van der Waals surface area contributed by atoms with Crippen molar-refractivity contribution in [2.75, 3.05) is 6.61 Å². The van der Waals surface area contributed by atoms with E-state index < -0.39 is 123 Å². The van der Waals surface area contributed by atoms with Crippen LogP contribution in [0.3, 0.4) is 0 Å². The summed E-state index contributed by atoms with van der Waals surface area (Å²) < 4.78 is 27.5. The maximum atomic E-state index is 15.6. The van der Waals surface area contributed by atoms with E-state index in [4.69, 9.17) is 58.5 Å². The van der Waals surface area contributed by atoms with E-state index in [1.165, 1.54) is 39.8 Å². The third kappa shape index (κ3) is 8.34. The molecule has 0 radical (unpaired) electrons. The molecule has 1 saturated heterocycles. The van der Waals surface area contributed by atoms with Crippen molar-refractivity contribution in [3.63, 3.8) is 0 Å². The van der Waals surface area contributed by atoms with E-state index in [0.29, 0.717) is 5.56 Å². The summed E-state index contributed by atoms with van der Waals surface area (Å²) in [5.74, 6) is -7.97. The van der Waals surface area contributed by atoms with E-state index in [-0.39, 0.29) is 28.7 Å². The summed E-state index contributed by atoms with van der Waals surface area (Å²) in [5, 5.41) is 40.4. The van der Waals surface area contributed by atoms with Gasteiger partial charge in [-0.3, -0.25) is 14.4 Å². The summed E-state index contributed by atoms with van der Waals surface area (Å²) in [6, 6.07) is 22.5. The minimum absolute atomic E-state index is 0.00486. The molecule has 1 heterocycles. The molecule has 0 aromatic heterocycles. The third-order valence-corrected chi connectivity index (χ3v) is 14.1. The number of aliphatic hydroxyl groups is 3. The molecule has 11 atom stereocenters. The van der Waals surface area contributed by atoms with Gasteiger partial charge in [-0.2, -0.15) is 0 Å². The second-order valence-electron chi connectivity index (χ2n) is 17.6. The van der Waals surface area contributed by atoms with Crippen molar-refractivity contribution in [2.45, 2.75) is 105 Å². The number of aliphatic hydroxyl groups excluding tert-OH is 2. The number of alkyl halides is 3. The first kappa shape index (κ1) is 48.1. The first-order valence-electron chi connectivity index (χ1n) is 20.8.